The van der Waals surface area contributed by atoms with Crippen LogP contribution in [-0.4, -0.2) is 32.7 Å². The molecule has 3 rings (SSSR count). The summed E-state index contributed by atoms with van der Waals surface area (Å²) in [5, 5.41) is 0. The van der Waals surface area contributed by atoms with E-state index in [0.29, 0.717) is 29.6 Å². The Morgan fingerprint density at radius 1 is 1.22 bits per heavy atom. The van der Waals surface area contributed by atoms with Crippen LogP contribution in [0.1, 0.15) is 37.5 Å². The Labute approximate surface area is 153 Å². The van der Waals surface area contributed by atoms with Gasteiger partial charge in [-0.3, -0.25) is 9.78 Å². The molecule has 9 heteroatoms. The van der Waals surface area contributed by atoms with Crippen LogP contribution in [0.5, 0.6) is 0 Å². The number of pyridine rings is 2. The Morgan fingerprint density at radius 3 is 2.48 bits per heavy atom. The fraction of sp³-hybridized carbons (Fsp3) is 0.500. The molecule has 27 heavy (non-hydrogen) atoms. The Hall–Kier alpha value is -2.58. The van der Waals surface area contributed by atoms with Crippen molar-refractivity contribution in [1.82, 2.24) is 14.5 Å². The highest BCUT2D eigenvalue weighted by Gasteiger charge is 2.33. The Balaban J connectivity index is 2.06. The molecule has 1 aliphatic rings. The summed E-state index contributed by atoms with van der Waals surface area (Å²) in [6.07, 6.45) is -3.98. The number of carbonyl (C=O) groups is 1. The van der Waals surface area contributed by atoms with E-state index < -0.39 is 29.0 Å². The lowest BCUT2D eigenvalue weighted by atomic mass is 9.99. The molecule has 2 aromatic heterocycles. The van der Waals surface area contributed by atoms with Crippen molar-refractivity contribution in [3.05, 3.63) is 39.3 Å². The van der Waals surface area contributed by atoms with Crippen LogP contribution in [0.15, 0.2) is 17.1 Å². The zero-order valence-electron chi connectivity index (χ0n) is 15.5. The van der Waals surface area contributed by atoms with E-state index in [1.54, 1.807) is 20.8 Å². The lowest BCUT2D eigenvalue weighted by Crippen LogP contribution is -2.42. The number of aromatic nitrogens is 2. The minimum absolute atomic E-state index is 0.0373. The standard InChI is InChI=1S/C18H20F3N3O3/c1-17(2,3)27-16(26)24-6-5-11-12(9-24)15(25)23(4)13-7-10(18(19,20)21)8-22-14(11)13/h7-8H,5-6,9H2,1-4H3. The summed E-state index contributed by atoms with van der Waals surface area (Å²) >= 11 is 0. The highest BCUT2D eigenvalue weighted by atomic mass is 19.4. The summed E-state index contributed by atoms with van der Waals surface area (Å²) in [5.41, 5.74) is -0.594. The third-order valence-corrected chi connectivity index (χ3v) is 4.40. The van der Waals surface area contributed by atoms with E-state index in [4.69, 9.17) is 4.74 Å². The number of hydrogen-bond acceptors (Lipinski definition) is 4. The monoisotopic (exact) mass is 383 g/mol. The number of nitrogens with zero attached hydrogens (tertiary/aromatic N) is 3. The third-order valence-electron chi connectivity index (χ3n) is 4.40. The first-order chi connectivity index (χ1) is 12.4. The Morgan fingerprint density at radius 2 is 1.89 bits per heavy atom. The average Bonchev–Trinajstić information content (AvgIpc) is 2.56. The quantitative estimate of drug-likeness (QED) is 0.701. The first-order valence-electron chi connectivity index (χ1n) is 8.44. The topological polar surface area (TPSA) is 64.4 Å². The average molecular weight is 383 g/mol. The van der Waals surface area contributed by atoms with E-state index in [9.17, 15) is 22.8 Å². The van der Waals surface area contributed by atoms with Gasteiger partial charge in [0.15, 0.2) is 0 Å². The van der Waals surface area contributed by atoms with Gasteiger partial charge < -0.3 is 14.2 Å². The molecule has 3 heterocycles. The summed E-state index contributed by atoms with van der Waals surface area (Å²) in [6, 6.07) is 0.935. The number of aryl methyl sites for hydroxylation is 1. The lowest BCUT2D eigenvalue weighted by Gasteiger charge is -2.31. The van der Waals surface area contributed by atoms with Crippen LogP contribution in [0, 0.1) is 0 Å². The van der Waals surface area contributed by atoms with E-state index >= 15 is 0 Å². The van der Waals surface area contributed by atoms with Gasteiger partial charge in [0.05, 0.1) is 23.1 Å². The summed E-state index contributed by atoms with van der Waals surface area (Å²) in [6.45, 7) is 5.58. The molecule has 0 spiro atoms. The third kappa shape index (κ3) is 3.63. The molecule has 1 amide bonds. The zero-order valence-corrected chi connectivity index (χ0v) is 15.5. The molecule has 0 N–H and O–H groups in total. The molecule has 0 saturated carbocycles. The fourth-order valence-corrected chi connectivity index (χ4v) is 3.11. The maximum Gasteiger partial charge on any atom is 0.417 e. The first-order valence-corrected chi connectivity index (χ1v) is 8.44. The summed E-state index contributed by atoms with van der Waals surface area (Å²) in [7, 11) is 1.40. The van der Waals surface area contributed by atoms with Crippen molar-refractivity contribution >= 4 is 17.1 Å². The molecule has 146 valence electrons. The second kappa shape index (κ2) is 6.24. The molecule has 0 atom stereocenters. The van der Waals surface area contributed by atoms with Gasteiger partial charge in [-0.15, -0.1) is 0 Å². The molecule has 0 aliphatic carbocycles. The molecule has 0 aromatic carbocycles. The predicted molar refractivity (Wildman–Crippen MR) is 92.3 cm³/mol. The van der Waals surface area contributed by atoms with Gasteiger partial charge in [0.25, 0.3) is 5.56 Å². The van der Waals surface area contributed by atoms with Crippen molar-refractivity contribution in [2.24, 2.45) is 7.05 Å². The van der Waals surface area contributed by atoms with Crippen molar-refractivity contribution in [2.75, 3.05) is 6.54 Å². The molecule has 0 fully saturated rings. The van der Waals surface area contributed by atoms with Gasteiger partial charge in [-0.05, 0) is 38.8 Å². The van der Waals surface area contributed by atoms with Crippen molar-refractivity contribution < 1.29 is 22.7 Å². The van der Waals surface area contributed by atoms with Crippen molar-refractivity contribution in [3.63, 3.8) is 0 Å². The van der Waals surface area contributed by atoms with Crippen LogP contribution < -0.4 is 5.56 Å². The number of hydrogen-bond donors (Lipinski definition) is 0. The van der Waals surface area contributed by atoms with Gasteiger partial charge in [0, 0.05) is 25.4 Å². The number of fused-ring (bicyclic) bond motifs is 3. The van der Waals surface area contributed by atoms with E-state index in [2.05, 4.69) is 4.98 Å². The van der Waals surface area contributed by atoms with Gasteiger partial charge in [0.1, 0.15) is 5.60 Å². The lowest BCUT2D eigenvalue weighted by molar-refractivity contribution is -0.137. The van der Waals surface area contributed by atoms with Gasteiger partial charge in [-0.2, -0.15) is 13.2 Å². The summed E-state index contributed by atoms with van der Waals surface area (Å²) in [5.74, 6) is 0. The second-order valence-corrected chi connectivity index (χ2v) is 7.56. The van der Waals surface area contributed by atoms with Crippen molar-refractivity contribution in [3.8, 4) is 0 Å². The molecule has 0 radical (unpaired) electrons. The van der Waals surface area contributed by atoms with Crippen LogP contribution in [-0.2, 0) is 30.9 Å². The summed E-state index contributed by atoms with van der Waals surface area (Å²) in [4.78, 5) is 30.4. The number of ether oxygens (including phenoxy) is 1. The van der Waals surface area contributed by atoms with Crippen LogP contribution in [0.25, 0.3) is 11.0 Å². The van der Waals surface area contributed by atoms with Crippen LogP contribution in [0.4, 0.5) is 18.0 Å². The van der Waals surface area contributed by atoms with Crippen molar-refractivity contribution in [1.29, 1.82) is 0 Å². The highest BCUT2D eigenvalue weighted by Crippen LogP contribution is 2.32. The van der Waals surface area contributed by atoms with Gasteiger partial charge in [-0.25, -0.2) is 4.79 Å². The van der Waals surface area contributed by atoms with Crippen LogP contribution >= 0.6 is 0 Å². The van der Waals surface area contributed by atoms with Crippen LogP contribution in [0.2, 0.25) is 0 Å². The highest BCUT2D eigenvalue weighted by molar-refractivity contribution is 5.81. The number of carbonyl (C=O) groups excluding carboxylic acids is 1. The minimum atomic E-state index is -4.54. The molecule has 0 bridgehead atoms. The zero-order chi connectivity index (χ0) is 20.1. The molecular weight excluding hydrogens is 363 g/mol. The van der Waals surface area contributed by atoms with E-state index in [1.807, 2.05) is 0 Å². The van der Waals surface area contributed by atoms with Gasteiger partial charge in [0.2, 0.25) is 0 Å². The molecule has 0 unspecified atom stereocenters. The van der Waals surface area contributed by atoms with Crippen LogP contribution in [0.3, 0.4) is 0 Å². The predicted octanol–water partition coefficient (Wildman–Crippen LogP) is 3.25. The molecule has 0 saturated heterocycles. The van der Waals surface area contributed by atoms with E-state index in [1.165, 1.54) is 11.9 Å². The summed E-state index contributed by atoms with van der Waals surface area (Å²) < 4.78 is 45.4. The number of halogens is 3. The largest absolute Gasteiger partial charge is 0.444 e. The number of rotatable bonds is 0. The number of alkyl halides is 3. The number of amides is 1. The first kappa shape index (κ1) is 19.2. The molecule has 6 nitrogen and oxygen atoms in total. The Kier molecular flexibility index (Phi) is 4.44. The second-order valence-electron chi connectivity index (χ2n) is 7.56. The normalized spacial score (nSPS) is 15.0. The molecule has 2 aromatic rings. The SMILES string of the molecule is Cn1c(=O)c2c(c3ncc(C(F)(F)F)cc31)CCN(C(=O)OC(C)(C)C)C2. The molecule has 1 aliphatic heterocycles. The van der Waals surface area contributed by atoms with Gasteiger partial charge in [-0.1, -0.05) is 0 Å². The Bertz CT molecular complexity index is 974. The maximum atomic E-state index is 13.0. The molecular formula is C18H20F3N3O3. The van der Waals surface area contributed by atoms with Gasteiger partial charge >= 0.3 is 12.3 Å². The fourth-order valence-electron chi connectivity index (χ4n) is 3.11. The minimum Gasteiger partial charge on any atom is -0.444 e. The maximum absolute atomic E-state index is 13.0. The van der Waals surface area contributed by atoms with E-state index in [-0.39, 0.29) is 12.1 Å². The smallest absolute Gasteiger partial charge is 0.417 e. The van der Waals surface area contributed by atoms with Crippen molar-refractivity contribution in [2.45, 2.75) is 45.5 Å². The van der Waals surface area contributed by atoms with E-state index in [0.717, 1.165) is 16.8 Å².